The number of likely N-dealkylation sites (tertiary alicyclic amines) is 1. The number of nitrogens with zero attached hydrogens (tertiary/aromatic N) is 1. The fraction of sp³-hybridized carbons (Fsp3) is 0.588. The number of carboxylic acid groups (broad SMARTS) is 1. The van der Waals surface area contributed by atoms with Crippen LogP contribution >= 0.6 is 0 Å². The van der Waals surface area contributed by atoms with Gasteiger partial charge in [-0.1, -0.05) is 13.3 Å². The summed E-state index contributed by atoms with van der Waals surface area (Å²) in [7, 11) is 0. The predicted molar refractivity (Wildman–Crippen MR) is 83.4 cm³/mol. The zero-order valence-electron chi connectivity index (χ0n) is 13.6. The Hall–Kier alpha value is -1.76. The molecule has 0 aliphatic carbocycles. The van der Waals surface area contributed by atoms with Crippen LogP contribution < -0.4 is 4.74 Å². The third-order valence-corrected chi connectivity index (χ3v) is 4.19. The second kappa shape index (κ2) is 7.88. The molecule has 1 heterocycles. The molecule has 1 aromatic rings. The average Bonchev–Trinajstić information content (AvgIpc) is 2.53. The number of halogens is 3. The van der Waals surface area contributed by atoms with E-state index in [1.165, 1.54) is 0 Å². The number of carboxylic acids is 1. The molecular weight excluding hydrogens is 323 g/mol. The fourth-order valence-electron chi connectivity index (χ4n) is 2.80. The normalized spacial score (nSPS) is 17.0. The summed E-state index contributed by atoms with van der Waals surface area (Å²) in [5.41, 5.74) is -1.43. The van der Waals surface area contributed by atoms with Crippen LogP contribution in [0.15, 0.2) is 18.2 Å². The maximum absolute atomic E-state index is 13.2. The highest BCUT2D eigenvalue weighted by Crippen LogP contribution is 2.38. The Morgan fingerprint density at radius 3 is 2.54 bits per heavy atom. The first-order chi connectivity index (χ1) is 11.3. The van der Waals surface area contributed by atoms with E-state index in [-0.39, 0.29) is 11.9 Å². The summed E-state index contributed by atoms with van der Waals surface area (Å²) in [4.78, 5) is 13.2. The van der Waals surface area contributed by atoms with Crippen LogP contribution in [0.25, 0.3) is 0 Å². The number of hydrogen-bond donors (Lipinski definition) is 1. The molecule has 7 heteroatoms. The van der Waals surface area contributed by atoms with E-state index >= 15 is 0 Å². The van der Waals surface area contributed by atoms with Gasteiger partial charge in [0.1, 0.15) is 11.9 Å². The van der Waals surface area contributed by atoms with Crippen LogP contribution in [0.4, 0.5) is 13.2 Å². The number of hydrogen-bond acceptors (Lipinski definition) is 3. The van der Waals surface area contributed by atoms with Crippen molar-refractivity contribution in [1.29, 1.82) is 0 Å². The molecule has 0 aromatic heterocycles. The van der Waals surface area contributed by atoms with Gasteiger partial charge in [-0.2, -0.15) is 13.2 Å². The Morgan fingerprint density at radius 2 is 2.00 bits per heavy atom. The molecule has 1 aliphatic heterocycles. The summed E-state index contributed by atoms with van der Waals surface area (Å²) in [5, 5.41) is 8.87. The molecule has 0 saturated carbocycles. The van der Waals surface area contributed by atoms with Crippen LogP contribution in [0.5, 0.6) is 5.75 Å². The van der Waals surface area contributed by atoms with Crippen molar-refractivity contribution in [2.75, 3.05) is 19.6 Å². The highest BCUT2D eigenvalue weighted by molar-refractivity contribution is 5.88. The van der Waals surface area contributed by atoms with Crippen molar-refractivity contribution in [3.63, 3.8) is 0 Å². The Morgan fingerprint density at radius 1 is 1.33 bits per heavy atom. The molecule has 0 radical (unpaired) electrons. The lowest BCUT2D eigenvalue weighted by molar-refractivity contribution is -0.139. The number of carbonyl (C=O) groups is 1. The van der Waals surface area contributed by atoms with Crippen molar-refractivity contribution in [2.24, 2.45) is 0 Å². The predicted octanol–water partition coefficient (Wildman–Crippen LogP) is 4.05. The Bertz CT molecular complexity index is 567. The van der Waals surface area contributed by atoms with E-state index in [9.17, 15) is 18.0 Å². The molecule has 2 rings (SSSR count). The third-order valence-electron chi connectivity index (χ3n) is 4.19. The lowest BCUT2D eigenvalue weighted by Crippen LogP contribution is -2.38. The smallest absolute Gasteiger partial charge is 0.419 e. The second-order valence-corrected chi connectivity index (χ2v) is 6.03. The maximum Gasteiger partial charge on any atom is 0.419 e. The van der Waals surface area contributed by atoms with Crippen LogP contribution in [-0.2, 0) is 6.18 Å². The minimum absolute atomic E-state index is 0.278. The highest BCUT2D eigenvalue weighted by Gasteiger charge is 2.36. The molecule has 1 saturated heterocycles. The molecule has 0 atom stereocenters. The highest BCUT2D eigenvalue weighted by atomic mass is 19.4. The fourth-order valence-corrected chi connectivity index (χ4v) is 2.80. The number of unbranched alkanes of at least 4 members (excludes halogenated alkanes) is 1. The van der Waals surface area contributed by atoms with Crippen molar-refractivity contribution in [3.05, 3.63) is 29.3 Å². The summed E-state index contributed by atoms with van der Waals surface area (Å²) in [6, 6.07) is 2.88. The van der Waals surface area contributed by atoms with Gasteiger partial charge in [-0.25, -0.2) is 4.79 Å². The monoisotopic (exact) mass is 345 g/mol. The molecule has 0 amide bonds. The van der Waals surface area contributed by atoms with E-state index in [1.807, 2.05) is 0 Å². The van der Waals surface area contributed by atoms with Gasteiger partial charge < -0.3 is 14.7 Å². The van der Waals surface area contributed by atoms with Crippen LogP contribution in [-0.4, -0.2) is 41.7 Å². The van der Waals surface area contributed by atoms with E-state index in [0.717, 1.165) is 44.6 Å². The van der Waals surface area contributed by atoms with Gasteiger partial charge in [0.25, 0.3) is 0 Å². The van der Waals surface area contributed by atoms with Crippen LogP contribution in [0.3, 0.4) is 0 Å². The van der Waals surface area contributed by atoms with E-state index in [1.54, 1.807) is 0 Å². The zero-order chi connectivity index (χ0) is 17.7. The number of benzene rings is 1. The van der Waals surface area contributed by atoms with Gasteiger partial charge in [0.15, 0.2) is 0 Å². The number of alkyl halides is 3. The minimum Gasteiger partial charge on any atom is -0.490 e. The molecule has 1 aliphatic rings. The zero-order valence-corrected chi connectivity index (χ0v) is 13.6. The van der Waals surface area contributed by atoms with Crippen LogP contribution in [0, 0.1) is 0 Å². The molecule has 1 aromatic carbocycles. The van der Waals surface area contributed by atoms with Crippen molar-refractivity contribution in [1.82, 2.24) is 4.90 Å². The van der Waals surface area contributed by atoms with Gasteiger partial charge in [-0.3, -0.25) is 0 Å². The van der Waals surface area contributed by atoms with Crippen LogP contribution in [0.1, 0.15) is 48.5 Å². The molecule has 24 heavy (non-hydrogen) atoms. The molecule has 134 valence electrons. The van der Waals surface area contributed by atoms with E-state index in [2.05, 4.69) is 11.8 Å². The standard InChI is InChI=1S/C17H22F3NO3/c1-2-3-8-21-9-6-13(7-10-21)24-15-5-4-12(16(22)23)11-14(15)17(18,19)20/h4-5,11,13H,2-3,6-10H2,1H3,(H,22,23). The molecule has 1 fully saturated rings. The topological polar surface area (TPSA) is 49.8 Å². The Balaban J connectivity index is 2.06. The molecule has 0 bridgehead atoms. The lowest BCUT2D eigenvalue weighted by Gasteiger charge is -2.32. The SMILES string of the molecule is CCCCN1CCC(Oc2ccc(C(=O)O)cc2C(F)(F)F)CC1. The summed E-state index contributed by atoms with van der Waals surface area (Å²) < 4.78 is 45.1. The van der Waals surface area contributed by atoms with Crippen molar-refractivity contribution >= 4 is 5.97 Å². The minimum atomic E-state index is -4.65. The van der Waals surface area contributed by atoms with Crippen LogP contribution in [0.2, 0.25) is 0 Å². The van der Waals surface area contributed by atoms with Crippen molar-refractivity contribution in [2.45, 2.75) is 44.9 Å². The van der Waals surface area contributed by atoms with Gasteiger partial charge >= 0.3 is 12.1 Å². The number of aromatic carboxylic acids is 1. The first-order valence-corrected chi connectivity index (χ1v) is 8.14. The van der Waals surface area contributed by atoms with Gasteiger partial charge in [-0.05, 0) is 44.0 Å². The molecule has 1 N–H and O–H groups in total. The van der Waals surface area contributed by atoms with E-state index in [0.29, 0.717) is 18.9 Å². The Labute approximate surface area is 139 Å². The Kier molecular flexibility index (Phi) is 6.10. The summed E-state index contributed by atoms with van der Waals surface area (Å²) in [6.07, 6.45) is -1.37. The van der Waals surface area contributed by atoms with Gasteiger partial charge in [0, 0.05) is 13.1 Å². The second-order valence-electron chi connectivity index (χ2n) is 6.03. The number of ether oxygens (including phenoxy) is 1. The quantitative estimate of drug-likeness (QED) is 0.845. The molecule has 0 spiro atoms. The molecule has 4 nitrogen and oxygen atoms in total. The van der Waals surface area contributed by atoms with Gasteiger partial charge in [0.05, 0.1) is 11.1 Å². The molecule has 0 unspecified atom stereocenters. The largest absolute Gasteiger partial charge is 0.490 e. The molecular formula is C17H22F3NO3. The average molecular weight is 345 g/mol. The summed E-state index contributed by atoms with van der Waals surface area (Å²) in [5.74, 6) is -1.68. The first-order valence-electron chi connectivity index (χ1n) is 8.14. The van der Waals surface area contributed by atoms with E-state index in [4.69, 9.17) is 9.84 Å². The maximum atomic E-state index is 13.2. The summed E-state index contributed by atoms with van der Waals surface area (Å²) in [6.45, 7) is 4.73. The lowest BCUT2D eigenvalue weighted by atomic mass is 10.1. The number of rotatable bonds is 6. The number of piperidine rings is 1. The third kappa shape index (κ3) is 4.87. The van der Waals surface area contributed by atoms with Gasteiger partial charge in [0.2, 0.25) is 0 Å². The first kappa shape index (κ1) is 18.6. The van der Waals surface area contributed by atoms with Crippen molar-refractivity contribution in [3.8, 4) is 5.75 Å². The van der Waals surface area contributed by atoms with Gasteiger partial charge in [-0.15, -0.1) is 0 Å². The van der Waals surface area contributed by atoms with E-state index < -0.39 is 23.3 Å². The summed E-state index contributed by atoms with van der Waals surface area (Å²) >= 11 is 0. The van der Waals surface area contributed by atoms with Crippen molar-refractivity contribution < 1.29 is 27.8 Å².